The SMILES string of the molecule is CC1(C)c2ccccc2-c2ccc(N(c3ccccc3)c3ccc4c5c(ccc4c3)-c3c(c4ccccc4c4ccccc34)C53c4ccccc4-c4ccccc43)cc21. The van der Waals surface area contributed by atoms with E-state index in [1.54, 1.807) is 0 Å². The topological polar surface area (TPSA) is 3.24 Å². The van der Waals surface area contributed by atoms with E-state index in [1.165, 1.54) is 99.1 Å². The Bertz CT molecular complexity index is 3380. The zero-order valence-electron chi connectivity index (χ0n) is 33.0. The Kier molecular flexibility index (Phi) is 6.50. The molecule has 1 spiro atoms. The Morgan fingerprint density at radius 2 is 0.831 bits per heavy atom. The molecule has 0 N–H and O–H groups in total. The fourth-order valence-corrected chi connectivity index (χ4v) is 11.6. The highest BCUT2D eigenvalue weighted by atomic mass is 15.1. The second-order valence-electron chi connectivity index (χ2n) is 17.1. The largest absolute Gasteiger partial charge is 0.310 e. The van der Waals surface area contributed by atoms with Gasteiger partial charge < -0.3 is 4.90 Å². The van der Waals surface area contributed by atoms with Crippen molar-refractivity contribution < 1.29 is 0 Å². The van der Waals surface area contributed by atoms with Gasteiger partial charge in [0.2, 0.25) is 0 Å². The van der Waals surface area contributed by atoms with Crippen LogP contribution < -0.4 is 4.90 Å². The molecule has 59 heavy (non-hydrogen) atoms. The van der Waals surface area contributed by atoms with Crippen molar-refractivity contribution in [1.82, 2.24) is 0 Å². The van der Waals surface area contributed by atoms with Gasteiger partial charge in [0, 0.05) is 22.5 Å². The fraction of sp³-hybridized carbons (Fsp3) is 0.0690. The van der Waals surface area contributed by atoms with Crippen LogP contribution >= 0.6 is 0 Å². The van der Waals surface area contributed by atoms with Crippen LogP contribution in [0.25, 0.3) is 65.7 Å². The molecule has 0 atom stereocenters. The van der Waals surface area contributed by atoms with Gasteiger partial charge in [0.25, 0.3) is 0 Å². The lowest BCUT2D eigenvalue weighted by atomic mass is 9.68. The van der Waals surface area contributed by atoms with Crippen molar-refractivity contribution in [2.24, 2.45) is 0 Å². The summed E-state index contributed by atoms with van der Waals surface area (Å²) in [4.78, 5) is 2.44. The van der Waals surface area contributed by atoms with E-state index in [2.05, 4.69) is 219 Å². The predicted molar refractivity (Wildman–Crippen MR) is 248 cm³/mol. The van der Waals surface area contributed by atoms with Gasteiger partial charge in [-0.05, 0) is 135 Å². The van der Waals surface area contributed by atoms with Crippen LogP contribution in [0.4, 0.5) is 17.1 Å². The molecule has 0 radical (unpaired) electrons. The Morgan fingerprint density at radius 3 is 1.54 bits per heavy atom. The molecule has 0 aliphatic heterocycles. The van der Waals surface area contributed by atoms with Gasteiger partial charge >= 0.3 is 0 Å². The molecule has 0 fully saturated rings. The predicted octanol–water partition coefficient (Wildman–Crippen LogP) is 15.3. The summed E-state index contributed by atoms with van der Waals surface area (Å²) >= 11 is 0. The first-order valence-corrected chi connectivity index (χ1v) is 20.9. The molecule has 0 aromatic heterocycles. The van der Waals surface area contributed by atoms with Crippen LogP contribution in [0.15, 0.2) is 200 Å². The first-order valence-electron chi connectivity index (χ1n) is 20.9. The van der Waals surface area contributed by atoms with Crippen LogP contribution in [-0.2, 0) is 10.8 Å². The second kappa shape index (κ2) is 11.7. The number of para-hydroxylation sites is 1. The summed E-state index contributed by atoms with van der Waals surface area (Å²) in [5.74, 6) is 0. The van der Waals surface area contributed by atoms with Gasteiger partial charge in [-0.3, -0.25) is 0 Å². The first-order chi connectivity index (χ1) is 29.0. The molecule has 3 aliphatic rings. The molecule has 0 heterocycles. The summed E-state index contributed by atoms with van der Waals surface area (Å²) in [6.07, 6.45) is 0. The standard InChI is InChI=1S/C58H39N/c1-57(2)50-25-13-10-20-43(50)46-33-30-39(35-53(46)57)59(37-16-4-3-5-17-37)38-29-32-40-36(34-38)28-31-49-54-47-23-8-6-18-41(47)42-19-7-9-24-48(42)56(54)58(55(40)49)51-26-14-11-21-44(51)45-22-12-15-27-52(45)58/h3-35H,1-2H3. The summed E-state index contributed by atoms with van der Waals surface area (Å²) < 4.78 is 0. The third-order valence-electron chi connectivity index (χ3n) is 14.0. The maximum absolute atomic E-state index is 2.44. The van der Waals surface area contributed by atoms with Crippen LogP contribution in [0, 0.1) is 0 Å². The van der Waals surface area contributed by atoms with Gasteiger partial charge in [-0.15, -0.1) is 0 Å². The minimum absolute atomic E-state index is 0.0975. The van der Waals surface area contributed by atoms with Crippen LogP contribution in [0.1, 0.15) is 47.2 Å². The van der Waals surface area contributed by atoms with E-state index < -0.39 is 5.41 Å². The maximum atomic E-state index is 2.44. The molecule has 10 aromatic rings. The quantitative estimate of drug-likeness (QED) is 0.163. The maximum Gasteiger partial charge on any atom is 0.0737 e. The Balaban J connectivity index is 1.10. The van der Waals surface area contributed by atoms with Gasteiger partial charge in [-0.25, -0.2) is 0 Å². The number of hydrogen-bond donors (Lipinski definition) is 0. The molecule has 0 saturated heterocycles. The van der Waals surface area contributed by atoms with Crippen molar-refractivity contribution in [1.29, 1.82) is 0 Å². The molecule has 13 rings (SSSR count). The molecule has 276 valence electrons. The van der Waals surface area contributed by atoms with Gasteiger partial charge in [-0.1, -0.05) is 178 Å². The molecular weight excluding hydrogens is 711 g/mol. The highest BCUT2D eigenvalue weighted by Gasteiger charge is 2.53. The van der Waals surface area contributed by atoms with E-state index in [4.69, 9.17) is 0 Å². The second-order valence-corrected chi connectivity index (χ2v) is 17.1. The van der Waals surface area contributed by atoms with Crippen molar-refractivity contribution in [3.05, 3.63) is 234 Å². The molecule has 0 saturated carbocycles. The lowest BCUT2D eigenvalue weighted by molar-refractivity contribution is 0.660. The van der Waals surface area contributed by atoms with E-state index in [9.17, 15) is 0 Å². The Labute approximate surface area is 344 Å². The third kappa shape index (κ3) is 4.14. The van der Waals surface area contributed by atoms with Crippen molar-refractivity contribution >= 4 is 49.4 Å². The van der Waals surface area contributed by atoms with Crippen molar-refractivity contribution in [3.63, 3.8) is 0 Å². The molecule has 1 nitrogen and oxygen atoms in total. The number of fused-ring (bicyclic) bond motifs is 20. The Morgan fingerprint density at radius 1 is 0.322 bits per heavy atom. The minimum atomic E-state index is -0.498. The molecule has 1 heteroatoms. The monoisotopic (exact) mass is 749 g/mol. The van der Waals surface area contributed by atoms with Crippen LogP contribution in [0.2, 0.25) is 0 Å². The summed E-state index contributed by atoms with van der Waals surface area (Å²) in [6.45, 7) is 4.73. The van der Waals surface area contributed by atoms with E-state index in [1.807, 2.05) is 0 Å². The number of rotatable bonds is 3. The Hall–Kier alpha value is -7.22. The fourth-order valence-electron chi connectivity index (χ4n) is 11.6. The molecule has 0 unspecified atom stereocenters. The zero-order chi connectivity index (χ0) is 39.0. The smallest absolute Gasteiger partial charge is 0.0737 e. The average Bonchev–Trinajstić information content (AvgIpc) is 3.86. The lowest BCUT2D eigenvalue weighted by Crippen LogP contribution is -2.26. The molecule has 10 aromatic carbocycles. The van der Waals surface area contributed by atoms with Crippen molar-refractivity contribution in [2.75, 3.05) is 4.90 Å². The molecule has 0 bridgehead atoms. The average molecular weight is 750 g/mol. The van der Waals surface area contributed by atoms with Crippen LogP contribution in [-0.4, -0.2) is 0 Å². The normalized spacial score (nSPS) is 14.5. The number of benzene rings is 10. The number of anilines is 3. The van der Waals surface area contributed by atoms with Gasteiger partial charge in [0.05, 0.1) is 5.41 Å². The summed E-state index contributed by atoms with van der Waals surface area (Å²) in [7, 11) is 0. The third-order valence-corrected chi connectivity index (χ3v) is 14.0. The van der Waals surface area contributed by atoms with E-state index in [0.29, 0.717) is 0 Å². The van der Waals surface area contributed by atoms with Crippen LogP contribution in [0.3, 0.4) is 0 Å². The highest BCUT2D eigenvalue weighted by molar-refractivity contribution is 6.21. The highest BCUT2D eigenvalue weighted by Crippen LogP contribution is 2.66. The van der Waals surface area contributed by atoms with Gasteiger partial charge in [0.1, 0.15) is 0 Å². The number of hydrogen-bond acceptors (Lipinski definition) is 1. The lowest BCUT2D eigenvalue weighted by Gasteiger charge is -2.33. The van der Waals surface area contributed by atoms with Crippen molar-refractivity contribution in [2.45, 2.75) is 24.7 Å². The van der Waals surface area contributed by atoms with E-state index in [-0.39, 0.29) is 5.41 Å². The van der Waals surface area contributed by atoms with E-state index >= 15 is 0 Å². The molecule has 0 amide bonds. The number of nitrogens with zero attached hydrogens (tertiary/aromatic N) is 1. The van der Waals surface area contributed by atoms with Crippen molar-refractivity contribution in [3.8, 4) is 33.4 Å². The van der Waals surface area contributed by atoms with E-state index in [0.717, 1.165) is 17.1 Å². The minimum Gasteiger partial charge on any atom is -0.310 e. The van der Waals surface area contributed by atoms with Gasteiger partial charge in [0.15, 0.2) is 0 Å². The summed E-state index contributed by atoms with van der Waals surface area (Å²) in [5.41, 5.74) is 19.2. The van der Waals surface area contributed by atoms with Crippen LogP contribution in [0.5, 0.6) is 0 Å². The zero-order valence-corrected chi connectivity index (χ0v) is 33.0. The van der Waals surface area contributed by atoms with Gasteiger partial charge in [-0.2, -0.15) is 0 Å². The molecular formula is C58H39N. The first kappa shape index (κ1) is 32.8. The summed E-state index contributed by atoms with van der Waals surface area (Å²) in [5, 5.41) is 7.78. The summed E-state index contributed by atoms with van der Waals surface area (Å²) in [6, 6.07) is 75.4. The molecule has 3 aliphatic carbocycles.